The summed E-state index contributed by atoms with van der Waals surface area (Å²) in [5.41, 5.74) is 1.68. The zero-order valence-corrected chi connectivity index (χ0v) is 13.4. The fraction of sp³-hybridized carbons (Fsp3) is 0.588. The zero-order chi connectivity index (χ0) is 15.5. The van der Waals surface area contributed by atoms with Crippen LogP contribution in [0.5, 0.6) is 0 Å². The third-order valence-electron chi connectivity index (χ3n) is 4.68. The van der Waals surface area contributed by atoms with Crippen molar-refractivity contribution in [3.05, 3.63) is 21.4 Å². The van der Waals surface area contributed by atoms with Crippen LogP contribution in [0.15, 0.2) is 5.38 Å². The lowest BCUT2D eigenvalue weighted by Gasteiger charge is -2.16. The van der Waals surface area contributed by atoms with Gasteiger partial charge in [0.1, 0.15) is 0 Å². The molecule has 2 aliphatic rings. The Labute approximate surface area is 134 Å². The number of aryl methyl sites for hydroxylation is 1. The molecule has 1 amide bonds. The second-order valence-electron chi connectivity index (χ2n) is 6.17. The summed E-state index contributed by atoms with van der Waals surface area (Å²) in [6.45, 7) is 0. The highest BCUT2D eigenvalue weighted by atomic mass is 32.1. The molecule has 0 aliphatic heterocycles. The molecule has 0 saturated heterocycles. The molecule has 1 saturated carbocycles. The molecule has 1 unspecified atom stereocenters. The number of carbonyl (C=O) groups is 2. The number of hydrogen-bond donors (Lipinski definition) is 1. The predicted octanol–water partition coefficient (Wildman–Crippen LogP) is 3.01. The van der Waals surface area contributed by atoms with E-state index in [1.165, 1.54) is 4.88 Å². The van der Waals surface area contributed by atoms with Crippen LogP contribution in [-0.4, -0.2) is 17.7 Å². The lowest BCUT2D eigenvalue weighted by atomic mass is 9.90. The van der Waals surface area contributed by atoms with E-state index >= 15 is 0 Å². The quantitative estimate of drug-likeness (QED) is 0.685. The molecule has 0 radical (unpaired) electrons. The zero-order valence-electron chi connectivity index (χ0n) is 12.6. The molecule has 116 valence electrons. The molecule has 5 heteroatoms. The Morgan fingerprint density at radius 2 is 1.95 bits per heavy atom. The van der Waals surface area contributed by atoms with Gasteiger partial charge in [-0.05, 0) is 44.1 Å². The largest absolute Gasteiger partial charge is 0.352 e. The van der Waals surface area contributed by atoms with Gasteiger partial charge in [-0.3, -0.25) is 9.59 Å². The van der Waals surface area contributed by atoms with E-state index in [-0.39, 0.29) is 11.8 Å². The molecule has 1 atom stereocenters. The number of carbonyl (C=O) groups excluding carboxylic acids is 2. The van der Waals surface area contributed by atoms with Crippen LogP contribution in [-0.2, 0) is 17.6 Å². The molecule has 3 rings (SSSR count). The Hall–Kier alpha value is -1.67. The van der Waals surface area contributed by atoms with Gasteiger partial charge < -0.3 is 5.32 Å². The molecule has 1 aromatic heterocycles. The summed E-state index contributed by atoms with van der Waals surface area (Å²) in [5.74, 6) is -1.95. The summed E-state index contributed by atoms with van der Waals surface area (Å²) >= 11 is 1.59. The smallest absolute Gasteiger partial charge is 0.245 e. The van der Waals surface area contributed by atoms with Gasteiger partial charge in [0.2, 0.25) is 5.91 Å². The highest BCUT2D eigenvalue weighted by molar-refractivity contribution is 7.10. The standard InChI is InChI=1S/C17H20N2O2S/c18-9-13(17(21)19-11-5-1-2-6-11)16(20)14-10-22-15-8-4-3-7-12(14)15/h10-11,13H,1-8H2,(H,19,21). The van der Waals surface area contributed by atoms with E-state index in [0.29, 0.717) is 5.56 Å². The van der Waals surface area contributed by atoms with E-state index in [9.17, 15) is 14.9 Å². The molecular weight excluding hydrogens is 296 g/mol. The van der Waals surface area contributed by atoms with Gasteiger partial charge in [-0.15, -0.1) is 11.3 Å². The van der Waals surface area contributed by atoms with Crippen LogP contribution >= 0.6 is 11.3 Å². The Bertz CT molecular complexity index is 623. The summed E-state index contributed by atoms with van der Waals surface area (Å²) in [5, 5.41) is 14.0. The number of nitrogens with one attached hydrogen (secondary N) is 1. The van der Waals surface area contributed by atoms with Crippen LogP contribution in [0.25, 0.3) is 0 Å². The summed E-state index contributed by atoms with van der Waals surface area (Å²) in [7, 11) is 0. The third-order valence-corrected chi connectivity index (χ3v) is 5.77. The van der Waals surface area contributed by atoms with Crippen LogP contribution in [0.3, 0.4) is 0 Å². The first-order chi connectivity index (χ1) is 10.7. The van der Waals surface area contributed by atoms with Crippen molar-refractivity contribution >= 4 is 23.0 Å². The summed E-state index contributed by atoms with van der Waals surface area (Å²) < 4.78 is 0. The maximum absolute atomic E-state index is 12.6. The van der Waals surface area contributed by atoms with Crippen LogP contribution in [0, 0.1) is 17.2 Å². The minimum Gasteiger partial charge on any atom is -0.352 e. The van der Waals surface area contributed by atoms with Gasteiger partial charge in [0.05, 0.1) is 6.07 Å². The molecule has 0 aromatic carbocycles. The average molecular weight is 316 g/mol. The first kappa shape index (κ1) is 15.2. The third kappa shape index (κ3) is 2.93. The maximum atomic E-state index is 12.6. The predicted molar refractivity (Wildman–Crippen MR) is 84.8 cm³/mol. The highest BCUT2D eigenvalue weighted by Crippen LogP contribution is 2.31. The number of rotatable bonds is 4. The van der Waals surface area contributed by atoms with Gasteiger partial charge in [0, 0.05) is 21.9 Å². The number of ketones is 1. The first-order valence-electron chi connectivity index (χ1n) is 8.04. The fourth-order valence-electron chi connectivity index (χ4n) is 3.45. The molecular formula is C17H20N2O2S. The van der Waals surface area contributed by atoms with Crippen molar-refractivity contribution in [1.29, 1.82) is 5.26 Å². The lowest BCUT2D eigenvalue weighted by molar-refractivity contribution is -0.122. The highest BCUT2D eigenvalue weighted by Gasteiger charge is 2.32. The van der Waals surface area contributed by atoms with Crippen molar-refractivity contribution in [3.8, 4) is 6.07 Å². The fourth-order valence-corrected chi connectivity index (χ4v) is 4.58. The van der Waals surface area contributed by atoms with Gasteiger partial charge >= 0.3 is 0 Å². The average Bonchev–Trinajstić information content (AvgIpc) is 3.16. The minimum absolute atomic E-state index is 0.132. The van der Waals surface area contributed by atoms with E-state index in [1.807, 2.05) is 11.4 Å². The van der Waals surface area contributed by atoms with Crippen molar-refractivity contribution in [2.45, 2.75) is 57.4 Å². The molecule has 0 bridgehead atoms. The molecule has 1 N–H and O–H groups in total. The van der Waals surface area contributed by atoms with Crippen molar-refractivity contribution < 1.29 is 9.59 Å². The molecule has 2 aliphatic carbocycles. The monoisotopic (exact) mass is 316 g/mol. The lowest BCUT2D eigenvalue weighted by Crippen LogP contribution is -2.40. The Kier molecular flexibility index (Phi) is 4.58. The van der Waals surface area contributed by atoms with Crippen LogP contribution in [0.2, 0.25) is 0 Å². The maximum Gasteiger partial charge on any atom is 0.245 e. The van der Waals surface area contributed by atoms with E-state index in [0.717, 1.165) is 56.9 Å². The SMILES string of the molecule is N#CC(C(=O)NC1CCCC1)C(=O)c1csc2c1CCCC2. The van der Waals surface area contributed by atoms with E-state index in [4.69, 9.17) is 0 Å². The normalized spacial score (nSPS) is 19.2. The van der Waals surface area contributed by atoms with Gasteiger partial charge in [0.25, 0.3) is 0 Å². The van der Waals surface area contributed by atoms with Crippen LogP contribution in [0.4, 0.5) is 0 Å². The number of amides is 1. The number of nitrogens with zero attached hydrogens (tertiary/aromatic N) is 1. The van der Waals surface area contributed by atoms with Gasteiger partial charge in [-0.1, -0.05) is 12.8 Å². The van der Waals surface area contributed by atoms with Gasteiger partial charge in [-0.25, -0.2) is 0 Å². The Morgan fingerprint density at radius 3 is 2.68 bits per heavy atom. The van der Waals surface area contributed by atoms with E-state index in [1.54, 1.807) is 11.3 Å². The molecule has 22 heavy (non-hydrogen) atoms. The van der Waals surface area contributed by atoms with Gasteiger partial charge in [0.15, 0.2) is 11.7 Å². The topological polar surface area (TPSA) is 70.0 Å². The number of nitriles is 1. The molecule has 1 heterocycles. The Morgan fingerprint density at radius 1 is 1.23 bits per heavy atom. The molecule has 4 nitrogen and oxygen atoms in total. The van der Waals surface area contributed by atoms with Crippen molar-refractivity contribution in [3.63, 3.8) is 0 Å². The number of thiophene rings is 1. The minimum atomic E-state index is -1.21. The van der Waals surface area contributed by atoms with E-state index < -0.39 is 11.8 Å². The first-order valence-corrected chi connectivity index (χ1v) is 8.92. The molecule has 1 aromatic rings. The number of Topliss-reactive ketones (excluding diaryl/α,β-unsaturated/α-hetero) is 1. The number of fused-ring (bicyclic) bond motifs is 1. The summed E-state index contributed by atoms with van der Waals surface area (Å²) in [6.07, 6.45) is 8.25. The van der Waals surface area contributed by atoms with Gasteiger partial charge in [-0.2, -0.15) is 5.26 Å². The number of hydrogen-bond acceptors (Lipinski definition) is 4. The summed E-state index contributed by atoms with van der Waals surface area (Å²) in [6, 6.07) is 2.05. The second kappa shape index (κ2) is 6.62. The van der Waals surface area contributed by atoms with Crippen molar-refractivity contribution in [2.24, 2.45) is 5.92 Å². The Balaban J connectivity index is 1.75. The van der Waals surface area contributed by atoms with Crippen LogP contribution < -0.4 is 5.32 Å². The van der Waals surface area contributed by atoms with Crippen molar-refractivity contribution in [2.75, 3.05) is 0 Å². The second-order valence-corrected chi connectivity index (χ2v) is 7.14. The molecule has 0 spiro atoms. The van der Waals surface area contributed by atoms with E-state index in [2.05, 4.69) is 5.32 Å². The van der Waals surface area contributed by atoms with Crippen molar-refractivity contribution in [1.82, 2.24) is 5.32 Å². The summed E-state index contributed by atoms with van der Waals surface area (Å²) in [4.78, 5) is 26.2. The van der Waals surface area contributed by atoms with Crippen LogP contribution in [0.1, 0.15) is 59.3 Å². The molecule has 1 fully saturated rings.